The van der Waals surface area contributed by atoms with Crippen LogP contribution < -0.4 is 5.32 Å². The maximum atomic E-state index is 4.42. The number of aryl methyl sites for hydroxylation is 2. The number of benzene rings is 1. The van der Waals surface area contributed by atoms with Crippen LogP contribution in [0.1, 0.15) is 24.7 Å². The number of hydrogen-bond acceptors (Lipinski definition) is 2. The van der Waals surface area contributed by atoms with Crippen molar-refractivity contribution in [2.45, 2.75) is 32.2 Å². The van der Waals surface area contributed by atoms with E-state index in [2.05, 4.69) is 59.2 Å². The number of imidazole rings is 1. The Labute approximate surface area is 115 Å². The van der Waals surface area contributed by atoms with Crippen molar-refractivity contribution >= 4 is 0 Å². The van der Waals surface area contributed by atoms with Crippen LogP contribution in [-0.2, 0) is 19.9 Å². The summed E-state index contributed by atoms with van der Waals surface area (Å²) in [4.78, 5) is 4.42. The van der Waals surface area contributed by atoms with Crippen LogP contribution in [0, 0.1) is 0 Å². The van der Waals surface area contributed by atoms with E-state index in [0.29, 0.717) is 6.04 Å². The maximum absolute atomic E-state index is 4.42. The normalized spacial score (nSPS) is 12.5. The molecular formula is C16H23N3. The Morgan fingerprint density at radius 2 is 2.05 bits per heavy atom. The third kappa shape index (κ3) is 4.21. The summed E-state index contributed by atoms with van der Waals surface area (Å²) < 4.78 is 2.10. The number of nitrogens with one attached hydrogen (secondary N) is 1. The lowest BCUT2D eigenvalue weighted by molar-refractivity contribution is 0.476. The first kappa shape index (κ1) is 13.8. The predicted molar refractivity (Wildman–Crippen MR) is 79.1 cm³/mol. The first-order valence-electron chi connectivity index (χ1n) is 7.03. The molecule has 0 aliphatic carbocycles. The van der Waals surface area contributed by atoms with Gasteiger partial charge in [0, 0.05) is 31.9 Å². The Hall–Kier alpha value is -1.61. The molecule has 3 heteroatoms. The number of rotatable bonds is 7. The average molecular weight is 257 g/mol. The zero-order valence-electron chi connectivity index (χ0n) is 11.8. The lowest BCUT2D eigenvalue weighted by Gasteiger charge is -2.17. The first-order chi connectivity index (χ1) is 9.29. The monoisotopic (exact) mass is 257 g/mol. The van der Waals surface area contributed by atoms with Crippen molar-refractivity contribution in [2.24, 2.45) is 7.05 Å². The quantitative estimate of drug-likeness (QED) is 0.826. The molecule has 19 heavy (non-hydrogen) atoms. The second kappa shape index (κ2) is 7.10. The minimum Gasteiger partial charge on any atom is -0.338 e. The molecule has 1 aromatic carbocycles. The fourth-order valence-corrected chi connectivity index (χ4v) is 2.36. The van der Waals surface area contributed by atoms with Crippen LogP contribution in [0.15, 0.2) is 42.7 Å². The second-order valence-corrected chi connectivity index (χ2v) is 4.94. The number of nitrogens with zero attached hydrogens (tertiary/aromatic N) is 2. The van der Waals surface area contributed by atoms with Gasteiger partial charge in [-0.2, -0.15) is 0 Å². The topological polar surface area (TPSA) is 29.9 Å². The van der Waals surface area contributed by atoms with E-state index in [4.69, 9.17) is 0 Å². The van der Waals surface area contributed by atoms with Gasteiger partial charge in [0.2, 0.25) is 0 Å². The molecule has 0 amide bonds. The first-order valence-corrected chi connectivity index (χ1v) is 7.03. The molecule has 102 valence electrons. The number of likely N-dealkylation sites (N-methyl/N-ethyl adjacent to an activating group) is 1. The molecule has 0 aliphatic rings. The lowest BCUT2D eigenvalue weighted by Crippen LogP contribution is -2.32. The molecule has 1 N–H and O–H groups in total. The van der Waals surface area contributed by atoms with Crippen LogP contribution in [-0.4, -0.2) is 22.1 Å². The Morgan fingerprint density at radius 1 is 1.26 bits per heavy atom. The third-order valence-corrected chi connectivity index (χ3v) is 3.47. The summed E-state index contributed by atoms with van der Waals surface area (Å²) in [5.41, 5.74) is 1.41. The Bertz CT molecular complexity index is 476. The average Bonchev–Trinajstić information content (AvgIpc) is 2.83. The molecule has 3 nitrogen and oxygen atoms in total. The molecule has 0 saturated heterocycles. The zero-order valence-corrected chi connectivity index (χ0v) is 11.8. The van der Waals surface area contributed by atoms with Gasteiger partial charge in [-0.15, -0.1) is 0 Å². The highest BCUT2D eigenvalue weighted by Crippen LogP contribution is 2.09. The van der Waals surface area contributed by atoms with E-state index in [1.807, 2.05) is 12.4 Å². The molecule has 0 bridgehead atoms. The molecule has 2 rings (SSSR count). The fourth-order valence-electron chi connectivity index (χ4n) is 2.36. The van der Waals surface area contributed by atoms with Crippen LogP contribution in [0.25, 0.3) is 0 Å². The molecule has 1 aromatic heterocycles. The second-order valence-electron chi connectivity index (χ2n) is 4.94. The third-order valence-electron chi connectivity index (χ3n) is 3.47. The van der Waals surface area contributed by atoms with Gasteiger partial charge in [-0.3, -0.25) is 0 Å². The van der Waals surface area contributed by atoms with Gasteiger partial charge < -0.3 is 9.88 Å². The van der Waals surface area contributed by atoms with Crippen molar-refractivity contribution in [1.29, 1.82) is 0 Å². The van der Waals surface area contributed by atoms with Crippen molar-refractivity contribution in [2.75, 3.05) is 6.54 Å². The van der Waals surface area contributed by atoms with E-state index in [9.17, 15) is 0 Å². The summed E-state index contributed by atoms with van der Waals surface area (Å²) in [6.45, 7) is 3.16. The van der Waals surface area contributed by atoms with Crippen molar-refractivity contribution in [3.05, 3.63) is 54.1 Å². The van der Waals surface area contributed by atoms with E-state index in [1.165, 1.54) is 5.56 Å². The van der Waals surface area contributed by atoms with Gasteiger partial charge in [-0.25, -0.2) is 4.98 Å². The number of aromatic nitrogens is 2. The summed E-state index contributed by atoms with van der Waals surface area (Å²) in [6, 6.07) is 11.2. The van der Waals surface area contributed by atoms with Gasteiger partial charge in [-0.1, -0.05) is 37.3 Å². The lowest BCUT2D eigenvalue weighted by atomic mass is 10.0. The SMILES string of the molecule is CCNC(CCc1ccccc1)Cc1nccn1C. The van der Waals surface area contributed by atoms with Gasteiger partial charge in [0.15, 0.2) is 0 Å². The van der Waals surface area contributed by atoms with Crippen LogP contribution in [0.5, 0.6) is 0 Å². The molecular weight excluding hydrogens is 234 g/mol. The zero-order chi connectivity index (χ0) is 13.5. The Kier molecular flexibility index (Phi) is 5.16. The van der Waals surface area contributed by atoms with Crippen LogP contribution in [0.4, 0.5) is 0 Å². The molecule has 0 radical (unpaired) electrons. The Balaban J connectivity index is 1.91. The molecule has 1 unspecified atom stereocenters. The molecule has 0 fully saturated rings. The van der Waals surface area contributed by atoms with Gasteiger partial charge in [0.25, 0.3) is 0 Å². The largest absolute Gasteiger partial charge is 0.338 e. The van der Waals surface area contributed by atoms with E-state index < -0.39 is 0 Å². The molecule has 2 aromatic rings. The highest BCUT2D eigenvalue weighted by atomic mass is 15.0. The highest BCUT2D eigenvalue weighted by Gasteiger charge is 2.11. The minimum absolute atomic E-state index is 0.492. The summed E-state index contributed by atoms with van der Waals surface area (Å²) in [6.07, 6.45) is 7.13. The van der Waals surface area contributed by atoms with Crippen LogP contribution in [0.3, 0.4) is 0 Å². The molecule has 1 heterocycles. The maximum Gasteiger partial charge on any atom is 0.109 e. The smallest absolute Gasteiger partial charge is 0.109 e. The molecule has 0 spiro atoms. The highest BCUT2D eigenvalue weighted by molar-refractivity contribution is 5.14. The van der Waals surface area contributed by atoms with Crippen molar-refractivity contribution < 1.29 is 0 Å². The predicted octanol–water partition coefficient (Wildman–Crippen LogP) is 2.57. The summed E-state index contributed by atoms with van der Waals surface area (Å²) >= 11 is 0. The standard InChI is InChI=1S/C16H23N3/c1-3-17-15(13-16-18-11-12-19(16)2)10-9-14-7-5-4-6-8-14/h4-8,11-12,15,17H,3,9-10,13H2,1-2H3. The van der Waals surface area contributed by atoms with E-state index >= 15 is 0 Å². The molecule has 0 aliphatic heterocycles. The van der Waals surface area contributed by atoms with Gasteiger partial charge >= 0.3 is 0 Å². The van der Waals surface area contributed by atoms with E-state index in [-0.39, 0.29) is 0 Å². The van der Waals surface area contributed by atoms with Crippen molar-refractivity contribution in [1.82, 2.24) is 14.9 Å². The molecule has 1 atom stereocenters. The van der Waals surface area contributed by atoms with E-state index in [0.717, 1.165) is 31.6 Å². The Morgan fingerprint density at radius 3 is 2.68 bits per heavy atom. The van der Waals surface area contributed by atoms with Crippen molar-refractivity contribution in [3.8, 4) is 0 Å². The fraction of sp³-hybridized carbons (Fsp3) is 0.438. The van der Waals surface area contributed by atoms with Gasteiger partial charge in [0.1, 0.15) is 5.82 Å². The minimum atomic E-state index is 0.492. The summed E-state index contributed by atoms with van der Waals surface area (Å²) in [5.74, 6) is 1.15. The van der Waals surface area contributed by atoms with Gasteiger partial charge in [0.05, 0.1) is 0 Å². The van der Waals surface area contributed by atoms with E-state index in [1.54, 1.807) is 0 Å². The van der Waals surface area contributed by atoms with Gasteiger partial charge in [-0.05, 0) is 24.9 Å². The van der Waals surface area contributed by atoms with Crippen LogP contribution in [0.2, 0.25) is 0 Å². The summed E-state index contributed by atoms with van der Waals surface area (Å²) in [7, 11) is 2.06. The van der Waals surface area contributed by atoms with Crippen LogP contribution >= 0.6 is 0 Å². The molecule has 0 saturated carbocycles. The number of hydrogen-bond donors (Lipinski definition) is 1. The van der Waals surface area contributed by atoms with Crippen molar-refractivity contribution in [3.63, 3.8) is 0 Å². The summed E-state index contributed by atoms with van der Waals surface area (Å²) in [5, 5.41) is 3.57.